The summed E-state index contributed by atoms with van der Waals surface area (Å²) < 4.78 is 34.6. The molecule has 0 bridgehead atoms. The van der Waals surface area contributed by atoms with Crippen molar-refractivity contribution in [3.05, 3.63) is 24.3 Å². The van der Waals surface area contributed by atoms with E-state index in [0.717, 1.165) is 18.8 Å². The maximum absolute atomic E-state index is 13.1. The van der Waals surface area contributed by atoms with E-state index >= 15 is 0 Å². The first-order valence-electron chi connectivity index (χ1n) is 8.96. The molecule has 1 aromatic rings. The molecular formula is C17H23N5O3S. The maximum atomic E-state index is 13.1. The van der Waals surface area contributed by atoms with E-state index in [1.54, 1.807) is 9.21 Å². The molecule has 1 atom stereocenters. The van der Waals surface area contributed by atoms with Crippen molar-refractivity contribution in [2.45, 2.75) is 12.5 Å². The third-order valence-electron chi connectivity index (χ3n) is 5.30. The molecule has 9 heteroatoms. The zero-order chi connectivity index (χ0) is 18.1. The summed E-state index contributed by atoms with van der Waals surface area (Å²) in [5, 5.41) is 9.03. The molecule has 0 amide bonds. The summed E-state index contributed by atoms with van der Waals surface area (Å²) in [4.78, 5) is 3.84. The Hall–Kier alpha value is -2.02. The number of hydrogen-bond acceptors (Lipinski definition) is 6. The Labute approximate surface area is 154 Å². The molecule has 26 heavy (non-hydrogen) atoms. The van der Waals surface area contributed by atoms with Gasteiger partial charge >= 0.3 is 10.2 Å². The van der Waals surface area contributed by atoms with Crippen LogP contribution in [0.1, 0.15) is 6.42 Å². The van der Waals surface area contributed by atoms with Crippen LogP contribution in [-0.2, 0) is 14.9 Å². The molecule has 0 radical (unpaired) electrons. The predicted octanol–water partition coefficient (Wildman–Crippen LogP) is 0.445. The number of rotatable bonds is 3. The number of nitrogens with zero attached hydrogens (tertiary/aromatic N) is 5. The van der Waals surface area contributed by atoms with Crippen LogP contribution in [0.2, 0.25) is 0 Å². The molecule has 3 fully saturated rings. The van der Waals surface area contributed by atoms with E-state index in [9.17, 15) is 8.42 Å². The van der Waals surface area contributed by atoms with Crippen LogP contribution in [0, 0.1) is 11.5 Å². The first kappa shape index (κ1) is 17.4. The van der Waals surface area contributed by atoms with Crippen molar-refractivity contribution in [2.75, 3.05) is 61.7 Å². The average molecular weight is 377 g/mol. The molecule has 140 valence electrons. The molecular weight excluding hydrogens is 354 g/mol. The molecule has 3 saturated heterocycles. The SMILES string of the molecule is N#CN1CCC(N2CCN(c3cccc(N4CCOCC4)c3)S2(=O)=O)C1. The Morgan fingerprint density at radius 2 is 1.85 bits per heavy atom. The number of anilines is 2. The largest absolute Gasteiger partial charge is 0.378 e. The molecule has 1 aromatic carbocycles. The van der Waals surface area contributed by atoms with Gasteiger partial charge in [0.05, 0.1) is 18.9 Å². The van der Waals surface area contributed by atoms with Crippen molar-refractivity contribution < 1.29 is 13.2 Å². The van der Waals surface area contributed by atoms with Gasteiger partial charge < -0.3 is 14.5 Å². The van der Waals surface area contributed by atoms with Crippen molar-refractivity contribution >= 4 is 21.6 Å². The topological polar surface area (TPSA) is 80.1 Å². The van der Waals surface area contributed by atoms with Crippen molar-refractivity contribution in [1.29, 1.82) is 5.26 Å². The number of nitriles is 1. The Kier molecular flexibility index (Phi) is 4.65. The zero-order valence-corrected chi connectivity index (χ0v) is 15.4. The highest BCUT2D eigenvalue weighted by Gasteiger charge is 2.43. The lowest BCUT2D eigenvalue weighted by molar-refractivity contribution is 0.122. The van der Waals surface area contributed by atoms with Gasteiger partial charge in [0.15, 0.2) is 6.19 Å². The molecule has 0 aromatic heterocycles. The van der Waals surface area contributed by atoms with Gasteiger partial charge in [0.2, 0.25) is 0 Å². The first-order valence-corrected chi connectivity index (χ1v) is 10.4. The average Bonchev–Trinajstić information content (AvgIpc) is 3.26. The van der Waals surface area contributed by atoms with Gasteiger partial charge in [0, 0.05) is 51.0 Å². The lowest BCUT2D eigenvalue weighted by Gasteiger charge is -2.30. The summed E-state index contributed by atoms with van der Waals surface area (Å²) in [7, 11) is -3.56. The molecule has 1 unspecified atom stereocenters. The summed E-state index contributed by atoms with van der Waals surface area (Å²) in [6, 6.07) is 7.60. The molecule has 0 spiro atoms. The van der Waals surface area contributed by atoms with Crippen LogP contribution in [0.15, 0.2) is 24.3 Å². The van der Waals surface area contributed by atoms with Crippen molar-refractivity contribution in [3.8, 4) is 6.19 Å². The second kappa shape index (κ2) is 6.95. The summed E-state index contributed by atoms with van der Waals surface area (Å²) in [5.74, 6) is 0. The van der Waals surface area contributed by atoms with Crippen LogP contribution >= 0.6 is 0 Å². The number of ether oxygens (including phenoxy) is 1. The minimum absolute atomic E-state index is 0.118. The van der Waals surface area contributed by atoms with E-state index in [4.69, 9.17) is 10.00 Å². The lowest BCUT2D eigenvalue weighted by Crippen LogP contribution is -2.41. The molecule has 0 aliphatic carbocycles. The third-order valence-corrected chi connectivity index (χ3v) is 7.33. The molecule has 0 N–H and O–H groups in total. The van der Waals surface area contributed by atoms with E-state index in [1.165, 1.54) is 4.31 Å². The van der Waals surface area contributed by atoms with Gasteiger partial charge in [0.25, 0.3) is 0 Å². The first-order chi connectivity index (χ1) is 12.6. The minimum Gasteiger partial charge on any atom is -0.378 e. The van der Waals surface area contributed by atoms with Gasteiger partial charge in [-0.3, -0.25) is 4.31 Å². The number of morpholine rings is 1. The summed E-state index contributed by atoms with van der Waals surface area (Å²) >= 11 is 0. The molecule has 3 aliphatic rings. The molecule has 0 saturated carbocycles. The highest BCUT2D eigenvalue weighted by Crippen LogP contribution is 2.31. The van der Waals surface area contributed by atoms with Gasteiger partial charge in [-0.1, -0.05) is 6.07 Å². The van der Waals surface area contributed by atoms with E-state index in [1.807, 2.05) is 24.3 Å². The van der Waals surface area contributed by atoms with Gasteiger partial charge in [-0.25, -0.2) is 0 Å². The monoisotopic (exact) mass is 377 g/mol. The smallest absolute Gasteiger partial charge is 0.304 e. The van der Waals surface area contributed by atoms with Crippen molar-refractivity contribution in [3.63, 3.8) is 0 Å². The quantitative estimate of drug-likeness (QED) is 0.712. The fourth-order valence-corrected chi connectivity index (χ4v) is 5.72. The van der Waals surface area contributed by atoms with Crippen molar-refractivity contribution in [1.82, 2.24) is 9.21 Å². The lowest BCUT2D eigenvalue weighted by atomic mass is 10.2. The maximum Gasteiger partial charge on any atom is 0.304 e. The zero-order valence-electron chi connectivity index (χ0n) is 14.6. The van der Waals surface area contributed by atoms with Crippen LogP contribution in [0.4, 0.5) is 11.4 Å². The van der Waals surface area contributed by atoms with E-state index in [0.29, 0.717) is 51.5 Å². The van der Waals surface area contributed by atoms with E-state index in [2.05, 4.69) is 11.1 Å². The number of benzene rings is 1. The number of hydrogen-bond donors (Lipinski definition) is 0. The van der Waals surface area contributed by atoms with Gasteiger partial charge in [0.1, 0.15) is 0 Å². The Morgan fingerprint density at radius 3 is 2.58 bits per heavy atom. The highest BCUT2D eigenvalue weighted by molar-refractivity contribution is 7.90. The highest BCUT2D eigenvalue weighted by atomic mass is 32.2. The minimum atomic E-state index is -3.56. The van der Waals surface area contributed by atoms with E-state index < -0.39 is 10.2 Å². The molecule has 3 heterocycles. The van der Waals surface area contributed by atoms with Crippen molar-refractivity contribution in [2.24, 2.45) is 0 Å². The fraction of sp³-hybridized carbons (Fsp3) is 0.588. The van der Waals surface area contributed by atoms with Gasteiger partial charge in [-0.05, 0) is 24.6 Å². The number of likely N-dealkylation sites (tertiary alicyclic amines) is 1. The summed E-state index contributed by atoms with van der Waals surface area (Å²) in [5.41, 5.74) is 1.72. The third kappa shape index (κ3) is 3.09. The van der Waals surface area contributed by atoms with Crippen LogP contribution in [0.5, 0.6) is 0 Å². The molecule has 4 rings (SSSR count). The van der Waals surface area contributed by atoms with Crippen LogP contribution in [0.3, 0.4) is 0 Å². The van der Waals surface area contributed by atoms with Crippen LogP contribution < -0.4 is 9.21 Å². The predicted molar refractivity (Wildman–Crippen MR) is 98.0 cm³/mol. The van der Waals surface area contributed by atoms with E-state index in [-0.39, 0.29) is 6.04 Å². The van der Waals surface area contributed by atoms with Gasteiger partial charge in [-0.15, -0.1) is 0 Å². The second-order valence-electron chi connectivity index (χ2n) is 6.80. The normalized spacial score (nSPS) is 26.3. The summed E-state index contributed by atoms with van der Waals surface area (Å²) in [6.07, 6.45) is 2.82. The van der Waals surface area contributed by atoms with Gasteiger partial charge in [-0.2, -0.15) is 18.0 Å². The van der Waals surface area contributed by atoms with Crippen LogP contribution in [0.25, 0.3) is 0 Å². The Morgan fingerprint density at radius 1 is 1.08 bits per heavy atom. The van der Waals surface area contributed by atoms with Crippen LogP contribution in [-0.4, -0.2) is 76.1 Å². The fourth-order valence-electron chi connectivity index (χ4n) is 3.91. The standard InChI is InChI=1S/C17H23N5O3S/c18-14-19-5-4-17(13-19)22-7-6-21(26(22,23)24)16-3-1-2-15(12-16)20-8-10-25-11-9-20/h1-3,12,17H,4-11,13H2. The molecule has 8 nitrogen and oxygen atoms in total. The molecule has 3 aliphatic heterocycles. The summed E-state index contributed by atoms with van der Waals surface area (Å²) in [6.45, 7) is 5.03. The second-order valence-corrected chi connectivity index (χ2v) is 8.60. The Balaban J connectivity index is 1.54. The Bertz CT molecular complexity index is 803.